The molecule has 0 aliphatic carbocycles. The molecule has 0 unspecified atom stereocenters. The van der Waals surface area contributed by atoms with Crippen LogP contribution in [0.3, 0.4) is 0 Å². The van der Waals surface area contributed by atoms with Gasteiger partial charge in [0.15, 0.2) is 5.82 Å². The van der Waals surface area contributed by atoms with Crippen molar-refractivity contribution >= 4 is 33.2 Å². The van der Waals surface area contributed by atoms with Crippen molar-refractivity contribution in [3.05, 3.63) is 30.3 Å². The van der Waals surface area contributed by atoms with E-state index in [0.29, 0.717) is 6.54 Å². The standard InChI is InChI=1S/C24H35N7OS/c1-24(2,3)27-21-20(18-11-6-5-7-12-18)26-22-31(21)28-23(33-22)29(4)17-19(32)25-13-10-16-30-14-8-9-15-30/h5-7,11-12,27H,8-10,13-17H2,1-4H3,(H,25,32). The van der Waals surface area contributed by atoms with E-state index in [2.05, 4.69) is 48.4 Å². The van der Waals surface area contributed by atoms with Gasteiger partial charge in [-0.25, -0.2) is 4.98 Å². The Balaban J connectivity index is 1.42. The molecule has 0 saturated carbocycles. The molecule has 4 rings (SSSR count). The number of carbonyl (C=O) groups excluding carboxylic acids is 1. The number of fused-ring (bicyclic) bond motifs is 1. The largest absolute Gasteiger partial charge is 0.364 e. The molecule has 0 bridgehead atoms. The zero-order valence-corrected chi connectivity index (χ0v) is 20.9. The van der Waals surface area contributed by atoms with Crippen molar-refractivity contribution in [1.29, 1.82) is 0 Å². The summed E-state index contributed by atoms with van der Waals surface area (Å²) in [6.07, 6.45) is 3.59. The zero-order valence-electron chi connectivity index (χ0n) is 20.1. The molecule has 0 spiro atoms. The van der Waals surface area contributed by atoms with Gasteiger partial charge in [0.05, 0.1) is 6.54 Å². The number of nitrogens with one attached hydrogen (secondary N) is 2. The molecule has 2 aromatic heterocycles. The van der Waals surface area contributed by atoms with Crippen molar-refractivity contribution in [3.8, 4) is 11.3 Å². The van der Waals surface area contributed by atoms with E-state index in [-0.39, 0.29) is 18.0 Å². The topological polar surface area (TPSA) is 77.8 Å². The molecule has 33 heavy (non-hydrogen) atoms. The minimum atomic E-state index is -0.149. The molecule has 2 N–H and O–H groups in total. The minimum absolute atomic E-state index is 0.0183. The van der Waals surface area contributed by atoms with Crippen molar-refractivity contribution < 1.29 is 4.79 Å². The summed E-state index contributed by atoms with van der Waals surface area (Å²) in [4.78, 5) is 22.5. The maximum atomic E-state index is 12.4. The average molecular weight is 470 g/mol. The Morgan fingerprint density at radius 1 is 1.18 bits per heavy atom. The van der Waals surface area contributed by atoms with Crippen LogP contribution >= 0.6 is 11.3 Å². The summed E-state index contributed by atoms with van der Waals surface area (Å²) < 4.78 is 1.86. The number of hydrogen-bond acceptors (Lipinski definition) is 7. The molecule has 1 fully saturated rings. The summed E-state index contributed by atoms with van der Waals surface area (Å²) in [6, 6.07) is 10.1. The van der Waals surface area contributed by atoms with Crippen molar-refractivity contribution in [3.63, 3.8) is 0 Å². The number of anilines is 2. The lowest BCUT2D eigenvalue weighted by Crippen LogP contribution is -2.36. The highest BCUT2D eigenvalue weighted by Crippen LogP contribution is 2.34. The van der Waals surface area contributed by atoms with Gasteiger partial charge in [0.25, 0.3) is 0 Å². The number of rotatable bonds is 9. The molecule has 1 aliphatic rings. The van der Waals surface area contributed by atoms with Crippen LogP contribution in [-0.4, -0.2) is 70.7 Å². The highest BCUT2D eigenvalue weighted by molar-refractivity contribution is 7.20. The fraction of sp³-hybridized carbons (Fsp3) is 0.542. The third-order valence-electron chi connectivity index (χ3n) is 5.61. The molecule has 1 saturated heterocycles. The van der Waals surface area contributed by atoms with E-state index in [1.165, 1.54) is 37.3 Å². The second-order valence-corrected chi connectivity index (χ2v) is 10.7. The van der Waals surface area contributed by atoms with E-state index in [9.17, 15) is 4.79 Å². The Labute approximate surface area is 200 Å². The van der Waals surface area contributed by atoms with Gasteiger partial charge in [-0.3, -0.25) is 4.79 Å². The number of hydrogen-bond donors (Lipinski definition) is 2. The summed E-state index contributed by atoms with van der Waals surface area (Å²) in [5, 5.41) is 12.2. The van der Waals surface area contributed by atoms with Gasteiger partial charge in [0.1, 0.15) is 5.69 Å². The molecule has 3 heterocycles. The Kier molecular flexibility index (Phi) is 7.19. The predicted octanol–water partition coefficient (Wildman–Crippen LogP) is 3.71. The van der Waals surface area contributed by atoms with Crippen LogP contribution in [0.25, 0.3) is 16.2 Å². The SMILES string of the molecule is CN(CC(=O)NCCCN1CCCC1)c1nn2c(NC(C)(C)C)c(-c3ccccc3)nc2s1. The molecule has 3 aromatic rings. The van der Waals surface area contributed by atoms with Crippen molar-refractivity contribution in [2.75, 3.05) is 50.0 Å². The van der Waals surface area contributed by atoms with Crippen LogP contribution in [0.2, 0.25) is 0 Å². The molecule has 178 valence electrons. The van der Waals surface area contributed by atoms with E-state index in [1.807, 2.05) is 34.7 Å². The van der Waals surface area contributed by atoms with Crippen LogP contribution in [0, 0.1) is 0 Å². The van der Waals surface area contributed by atoms with Gasteiger partial charge in [-0.1, -0.05) is 41.7 Å². The third-order valence-corrected chi connectivity index (χ3v) is 6.64. The summed E-state index contributed by atoms with van der Waals surface area (Å²) in [7, 11) is 1.90. The molecule has 9 heteroatoms. The van der Waals surface area contributed by atoms with E-state index in [0.717, 1.165) is 40.1 Å². The second-order valence-electron chi connectivity index (χ2n) is 9.74. The van der Waals surface area contributed by atoms with Gasteiger partial charge >= 0.3 is 0 Å². The Bertz CT molecular complexity index is 1060. The number of imidazole rings is 1. The number of likely N-dealkylation sites (tertiary alicyclic amines) is 1. The lowest BCUT2D eigenvalue weighted by atomic mass is 10.1. The fourth-order valence-corrected chi connectivity index (χ4v) is 4.89. The number of likely N-dealkylation sites (N-methyl/N-ethyl adjacent to an activating group) is 1. The first-order valence-electron chi connectivity index (χ1n) is 11.7. The van der Waals surface area contributed by atoms with Gasteiger partial charge in [0, 0.05) is 24.7 Å². The summed E-state index contributed by atoms with van der Waals surface area (Å²) in [5.74, 6) is 0.885. The van der Waals surface area contributed by atoms with Gasteiger partial charge in [-0.2, -0.15) is 4.52 Å². The quantitative estimate of drug-likeness (QED) is 0.465. The van der Waals surface area contributed by atoms with Gasteiger partial charge in [-0.15, -0.1) is 5.10 Å². The monoisotopic (exact) mass is 469 g/mol. The summed E-state index contributed by atoms with van der Waals surface area (Å²) in [5.41, 5.74) is 1.78. The number of aromatic nitrogens is 3. The van der Waals surface area contributed by atoms with Crippen molar-refractivity contribution in [1.82, 2.24) is 24.8 Å². The zero-order chi connectivity index (χ0) is 23.4. The van der Waals surface area contributed by atoms with Crippen LogP contribution in [0.1, 0.15) is 40.0 Å². The summed E-state index contributed by atoms with van der Waals surface area (Å²) >= 11 is 1.49. The van der Waals surface area contributed by atoms with Crippen molar-refractivity contribution in [2.45, 2.75) is 45.6 Å². The van der Waals surface area contributed by atoms with Crippen LogP contribution in [-0.2, 0) is 4.79 Å². The number of amides is 1. The Morgan fingerprint density at radius 3 is 2.61 bits per heavy atom. The van der Waals surface area contributed by atoms with Crippen LogP contribution < -0.4 is 15.5 Å². The van der Waals surface area contributed by atoms with E-state index in [4.69, 9.17) is 10.1 Å². The highest BCUT2D eigenvalue weighted by atomic mass is 32.1. The number of benzene rings is 1. The average Bonchev–Trinajstić information content (AvgIpc) is 3.49. The molecule has 1 aromatic carbocycles. The maximum absolute atomic E-state index is 12.4. The fourth-order valence-electron chi connectivity index (χ4n) is 4.03. The Morgan fingerprint density at radius 2 is 1.91 bits per heavy atom. The van der Waals surface area contributed by atoms with Crippen LogP contribution in [0.4, 0.5) is 10.9 Å². The van der Waals surface area contributed by atoms with E-state index < -0.39 is 0 Å². The molecule has 0 radical (unpaired) electrons. The Hall–Kier alpha value is -2.65. The predicted molar refractivity (Wildman–Crippen MR) is 136 cm³/mol. The van der Waals surface area contributed by atoms with Gasteiger partial charge < -0.3 is 20.4 Å². The first-order valence-corrected chi connectivity index (χ1v) is 12.6. The molecule has 1 amide bonds. The van der Waals surface area contributed by atoms with E-state index in [1.54, 1.807) is 0 Å². The maximum Gasteiger partial charge on any atom is 0.239 e. The van der Waals surface area contributed by atoms with Crippen molar-refractivity contribution in [2.24, 2.45) is 0 Å². The molecule has 0 atom stereocenters. The number of carbonyl (C=O) groups is 1. The van der Waals surface area contributed by atoms with Crippen LogP contribution in [0.5, 0.6) is 0 Å². The molecular formula is C24H35N7OS. The number of nitrogens with zero attached hydrogens (tertiary/aromatic N) is 5. The lowest BCUT2D eigenvalue weighted by Gasteiger charge is -2.22. The van der Waals surface area contributed by atoms with Gasteiger partial charge in [0.2, 0.25) is 16.0 Å². The third kappa shape index (κ3) is 6.03. The van der Waals surface area contributed by atoms with Gasteiger partial charge in [-0.05, 0) is 59.7 Å². The normalized spacial score (nSPS) is 14.7. The molecular weight excluding hydrogens is 434 g/mol. The second kappa shape index (κ2) is 10.1. The minimum Gasteiger partial charge on any atom is -0.364 e. The first kappa shape index (κ1) is 23.5. The highest BCUT2D eigenvalue weighted by Gasteiger charge is 2.23. The molecule has 1 aliphatic heterocycles. The van der Waals surface area contributed by atoms with Crippen LogP contribution in [0.15, 0.2) is 30.3 Å². The summed E-state index contributed by atoms with van der Waals surface area (Å²) in [6.45, 7) is 10.8. The molecule has 8 nitrogen and oxygen atoms in total. The first-order chi connectivity index (χ1) is 15.8. The smallest absolute Gasteiger partial charge is 0.239 e. The van der Waals surface area contributed by atoms with E-state index >= 15 is 0 Å². The lowest BCUT2D eigenvalue weighted by molar-refractivity contribution is -0.119.